The zero-order chi connectivity index (χ0) is 19.6. The van der Waals surface area contributed by atoms with Gasteiger partial charge in [0.1, 0.15) is 5.75 Å². The molecule has 0 spiro atoms. The minimum absolute atomic E-state index is 0.0133. The molecule has 0 radical (unpaired) electrons. The largest absolute Gasteiger partial charge is 0.496 e. The van der Waals surface area contributed by atoms with Crippen molar-refractivity contribution in [2.24, 2.45) is 0 Å². The molecule has 3 rings (SSSR count). The number of aryl methyl sites for hydroxylation is 3. The first-order chi connectivity index (χ1) is 12.9. The molecule has 5 nitrogen and oxygen atoms in total. The number of hydrogen-bond donors (Lipinski definition) is 0. The lowest BCUT2D eigenvalue weighted by Gasteiger charge is -2.34. The molecule has 1 fully saturated rings. The average molecular weight is 387 g/mol. The molecule has 2 heterocycles. The fourth-order valence-electron chi connectivity index (χ4n) is 3.38. The second kappa shape index (κ2) is 8.13. The average Bonchev–Trinajstić information content (AvgIpc) is 3.08. The fourth-order valence-corrected chi connectivity index (χ4v) is 4.46. The highest BCUT2D eigenvalue weighted by Gasteiger charge is 2.26. The van der Waals surface area contributed by atoms with E-state index in [4.69, 9.17) is 4.74 Å². The van der Waals surface area contributed by atoms with E-state index in [9.17, 15) is 9.59 Å². The lowest BCUT2D eigenvalue weighted by atomic mass is 10.1. The van der Waals surface area contributed by atoms with Crippen molar-refractivity contribution in [3.8, 4) is 5.75 Å². The normalized spacial score (nSPS) is 14.4. The number of hydrogen-bond acceptors (Lipinski definition) is 4. The molecule has 0 atom stereocenters. The van der Waals surface area contributed by atoms with Crippen LogP contribution in [0.15, 0.2) is 24.3 Å². The molecule has 27 heavy (non-hydrogen) atoms. The van der Waals surface area contributed by atoms with Gasteiger partial charge in [-0.05, 0) is 49.6 Å². The summed E-state index contributed by atoms with van der Waals surface area (Å²) in [6.45, 7) is 8.34. The molecular formula is C21H26N2O3S. The number of nitrogens with zero attached hydrogens (tertiary/aromatic N) is 2. The number of piperazine rings is 1. The third-order valence-corrected chi connectivity index (χ3v) is 6.20. The van der Waals surface area contributed by atoms with Gasteiger partial charge in [0.15, 0.2) is 0 Å². The Hall–Kier alpha value is -2.34. The Bertz CT molecular complexity index is 851. The highest BCUT2D eigenvalue weighted by atomic mass is 32.1. The maximum Gasteiger partial charge on any atom is 0.264 e. The molecule has 0 aliphatic carbocycles. The lowest BCUT2D eigenvalue weighted by molar-refractivity contribution is 0.0538. The van der Waals surface area contributed by atoms with Crippen LogP contribution in [0.2, 0.25) is 0 Å². The molecule has 1 aromatic heterocycles. The van der Waals surface area contributed by atoms with Crippen molar-refractivity contribution in [1.82, 2.24) is 9.80 Å². The van der Waals surface area contributed by atoms with Crippen molar-refractivity contribution in [1.29, 1.82) is 0 Å². The van der Waals surface area contributed by atoms with Crippen molar-refractivity contribution in [2.45, 2.75) is 27.2 Å². The van der Waals surface area contributed by atoms with Crippen LogP contribution in [0.25, 0.3) is 0 Å². The number of benzene rings is 1. The first-order valence-electron chi connectivity index (χ1n) is 9.27. The summed E-state index contributed by atoms with van der Waals surface area (Å²) in [6, 6.07) is 7.53. The summed E-state index contributed by atoms with van der Waals surface area (Å²) in [7, 11) is 1.61. The van der Waals surface area contributed by atoms with E-state index in [1.54, 1.807) is 24.5 Å². The smallest absolute Gasteiger partial charge is 0.264 e. The number of carbonyl (C=O) groups is 2. The van der Waals surface area contributed by atoms with Gasteiger partial charge in [-0.1, -0.05) is 13.0 Å². The van der Waals surface area contributed by atoms with E-state index in [2.05, 4.69) is 13.8 Å². The second-order valence-electron chi connectivity index (χ2n) is 6.81. The summed E-state index contributed by atoms with van der Waals surface area (Å²) < 4.78 is 5.32. The maximum absolute atomic E-state index is 12.8. The predicted molar refractivity (Wildman–Crippen MR) is 108 cm³/mol. The fraction of sp³-hybridized carbons (Fsp3) is 0.429. The molecule has 1 aliphatic heterocycles. The van der Waals surface area contributed by atoms with Gasteiger partial charge in [-0.3, -0.25) is 9.59 Å². The Balaban J connectivity index is 1.64. The van der Waals surface area contributed by atoms with Gasteiger partial charge < -0.3 is 14.5 Å². The number of carbonyl (C=O) groups excluding carboxylic acids is 2. The van der Waals surface area contributed by atoms with Crippen molar-refractivity contribution >= 4 is 23.2 Å². The van der Waals surface area contributed by atoms with E-state index >= 15 is 0 Å². The third-order valence-electron chi connectivity index (χ3n) is 5.12. The summed E-state index contributed by atoms with van der Waals surface area (Å²) in [5.41, 5.74) is 2.87. The molecule has 2 amide bonds. The molecule has 0 saturated carbocycles. The highest BCUT2D eigenvalue weighted by molar-refractivity contribution is 7.14. The van der Waals surface area contributed by atoms with E-state index < -0.39 is 0 Å². The van der Waals surface area contributed by atoms with Crippen LogP contribution in [0.5, 0.6) is 5.75 Å². The summed E-state index contributed by atoms with van der Waals surface area (Å²) in [4.78, 5) is 31.2. The highest BCUT2D eigenvalue weighted by Crippen LogP contribution is 2.24. The lowest BCUT2D eigenvalue weighted by Crippen LogP contribution is -2.50. The molecule has 1 aromatic carbocycles. The van der Waals surface area contributed by atoms with Crippen molar-refractivity contribution in [3.05, 3.63) is 50.7 Å². The molecule has 0 unspecified atom stereocenters. The molecule has 0 bridgehead atoms. The van der Waals surface area contributed by atoms with Crippen LogP contribution in [-0.2, 0) is 6.42 Å². The Morgan fingerprint density at radius 1 is 1.04 bits per heavy atom. The van der Waals surface area contributed by atoms with Gasteiger partial charge in [0.2, 0.25) is 0 Å². The minimum Gasteiger partial charge on any atom is -0.496 e. The molecule has 1 aliphatic rings. The zero-order valence-corrected chi connectivity index (χ0v) is 17.2. The second-order valence-corrected chi connectivity index (χ2v) is 8.07. The number of ether oxygens (including phenoxy) is 1. The van der Waals surface area contributed by atoms with Crippen LogP contribution in [0.3, 0.4) is 0 Å². The summed E-state index contributed by atoms with van der Waals surface area (Å²) >= 11 is 1.56. The summed E-state index contributed by atoms with van der Waals surface area (Å²) in [6.07, 6.45) is 0.942. The standard InChI is InChI=1S/C21H26N2O3S/c1-5-16-13-19(27-15(16)3)21(25)23-10-8-22(9-11-23)20(24)17-7-6-14(2)18(12-17)26-4/h6-7,12-13H,5,8-11H2,1-4H3. The van der Waals surface area contributed by atoms with Gasteiger partial charge in [-0.15, -0.1) is 11.3 Å². The van der Waals surface area contributed by atoms with Crippen LogP contribution >= 0.6 is 11.3 Å². The first-order valence-corrected chi connectivity index (χ1v) is 10.1. The number of rotatable bonds is 4. The molecule has 2 aromatic rings. The van der Waals surface area contributed by atoms with Crippen LogP contribution < -0.4 is 4.74 Å². The first kappa shape index (κ1) is 19.4. The predicted octanol–water partition coefficient (Wildman–Crippen LogP) is 3.53. The van der Waals surface area contributed by atoms with Crippen LogP contribution in [0.1, 0.15) is 43.0 Å². The molecular weight excluding hydrogens is 360 g/mol. The quantitative estimate of drug-likeness (QED) is 0.808. The molecule has 144 valence electrons. The van der Waals surface area contributed by atoms with Crippen molar-refractivity contribution in [3.63, 3.8) is 0 Å². The van der Waals surface area contributed by atoms with Crippen LogP contribution in [0.4, 0.5) is 0 Å². The number of thiophene rings is 1. The van der Waals surface area contributed by atoms with E-state index in [0.29, 0.717) is 31.7 Å². The molecule has 0 N–H and O–H groups in total. The van der Waals surface area contributed by atoms with Gasteiger partial charge in [0.05, 0.1) is 12.0 Å². The Kier molecular flexibility index (Phi) is 5.85. The number of methoxy groups -OCH3 is 1. The van der Waals surface area contributed by atoms with E-state index in [-0.39, 0.29) is 11.8 Å². The Morgan fingerprint density at radius 2 is 1.67 bits per heavy atom. The van der Waals surface area contributed by atoms with E-state index in [1.165, 1.54) is 10.4 Å². The van der Waals surface area contributed by atoms with E-state index in [0.717, 1.165) is 22.6 Å². The summed E-state index contributed by atoms with van der Waals surface area (Å²) in [5, 5.41) is 0. The van der Waals surface area contributed by atoms with Gasteiger partial charge in [0.25, 0.3) is 11.8 Å². The zero-order valence-electron chi connectivity index (χ0n) is 16.4. The van der Waals surface area contributed by atoms with Crippen molar-refractivity contribution < 1.29 is 14.3 Å². The third kappa shape index (κ3) is 4.00. The summed E-state index contributed by atoms with van der Waals surface area (Å²) in [5.74, 6) is 0.780. The van der Waals surface area contributed by atoms with Crippen LogP contribution in [0, 0.1) is 13.8 Å². The van der Waals surface area contributed by atoms with Gasteiger partial charge in [-0.2, -0.15) is 0 Å². The minimum atomic E-state index is -0.0133. The molecule has 1 saturated heterocycles. The topological polar surface area (TPSA) is 49.9 Å². The SMILES string of the molecule is CCc1cc(C(=O)N2CCN(C(=O)c3ccc(C)c(OC)c3)CC2)sc1C. The van der Waals surface area contributed by atoms with Crippen LogP contribution in [-0.4, -0.2) is 54.9 Å². The Morgan fingerprint density at radius 3 is 2.22 bits per heavy atom. The number of amides is 2. The monoisotopic (exact) mass is 386 g/mol. The van der Waals surface area contributed by atoms with Crippen molar-refractivity contribution in [2.75, 3.05) is 33.3 Å². The maximum atomic E-state index is 12.8. The Labute approximate surface area is 164 Å². The molecule has 6 heteroatoms. The van der Waals surface area contributed by atoms with Gasteiger partial charge in [0, 0.05) is 36.6 Å². The van der Waals surface area contributed by atoms with Gasteiger partial charge >= 0.3 is 0 Å². The van der Waals surface area contributed by atoms with E-state index in [1.807, 2.05) is 34.9 Å². The van der Waals surface area contributed by atoms with Gasteiger partial charge in [-0.25, -0.2) is 0 Å².